The zero-order chi connectivity index (χ0) is 48.6. The zero-order valence-electron chi connectivity index (χ0n) is 36.5. The molecule has 5 aliphatic rings. The molecule has 0 aliphatic carbocycles. The van der Waals surface area contributed by atoms with Crippen LogP contribution in [0.1, 0.15) is 32.6 Å². The van der Waals surface area contributed by atoms with Gasteiger partial charge in [0.2, 0.25) is 5.91 Å². The summed E-state index contributed by atoms with van der Waals surface area (Å²) in [6.45, 7) is -2.29. The first-order valence-corrected chi connectivity index (χ1v) is 21.8. The van der Waals surface area contributed by atoms with E-state index in [0.29, 0.717) is 12.8 Å². The van der Waals surface area contributed by atoms with Gasteiger partial charge in [0.25, 0.3) is 0 Å². The Labute approximate surface area is 419 Å². The van der Waals surface area contributed by atoms with Crippen LogP contribution in [0, 0.1) is 44.1 Å². The molecular weight excluding hydrogens is 1130 g/mol. The van der Waals surface area contributed by atoms with Gasteiger partial charge in [0.15, 0.2) is 25.2 Å². The fraction of sp³-hybridized carbons (Fsp3) is 0.974. The Morgan fingerprint density at radius 3 is 1.37 bits per heavy atom. The van der Waals surface area contributed by atoms with E-state index in [2.05, 4.69) is 5.32 Å². The molecular formula is C38H67AcN2O26-. The van der Waals surface area contributed by atoms with Gasteiger partial charge in [-0.05, 0) is 12.8 Å². The number of ether oxygens (including phenoxy) is 10. The molecule has 28 nitrogen and oxygen atoms in total. The topological polar surface area (TPSA) is 449 Å². The predicted octanol–water partition coefficient (Wildman–Crippen LogP) is -9.14. The number of unbranched alkanes of at least 4 members (excludes halogenated alkanes) is 1. The molecule has 29 heteroatoms. The van der Waals surface area contributed by atoms with Crippen molar-refractivity contribution >= 4 is 5.91 Å². The van der Waals surface area contributed by atoms with Crippen molar-refractivity contribution < 1.29 is 173 Å². The number of rotatable bonds is 21. The maximum atomic E-state index is 11.8. The van der Waals surface area contributed by atoms with E-state index in [1.54, 1.807) is 0 Å². The summed E-state index contributed by atoms with van der Waals surface area (Å²) in [6.07, 6.45) is -40.9. The minimum absolute atomic E-state index is 0. The molecule has 1 radical (unpaired) electrons. The number of aliphatic hydroxyl groups excluding tert-OH is 15. The second-order valence-corrected chi connectivity index (χ2v) is 16.6. The molecule has 0 aromatic carbocycles. The van der Waals surface area contributed by atoms with Crippen LogP contribution in [0.2, 0.25) is 0 Å². The molecule has 0 aromatic rings. The van der Waals surface area contributed by atoms with E-state index in [1.165, 1.54) is 0 Å². The molecule has 5 aliphatic heterocycles. The molecule has 389 valence electrons. The minimum atomic E-state index is -2.07. The maximum absolute atomic E-state index is 11.8. The Balaban J connectivity index is 0.00000980. The summed E-state index contributed by atoms with van der Waals surface area (Å²) >= 11 is 0. The number of hydrogen-bond acceptors (Lipinski definition) is 26. The zero-order valence-corrected chi connectivity index (χ0v) is 41.2. The molecule has 5 fully saturated rings. The number of amides is 1. The Hall–Kier alpha value is -0.128. The third-order valence-electron chi connectivity index (χ3n) is 12.0. The molecule has 17 N–H and O–H groups in total. The van der Waals surface area contributed by atoms with Gasteiger partial charge in [-0.15, -0.1) is 0 Å². The number of aliphatic hydroxyl groups is 15. The molecule has 18 unspecified atom stereocenters. The van der Waals surface area contributed by atoms with E-state index >= 15 is 0 Å². The van der Waals surface area contributed by atoms with E-state index in [4.69, 9.17) is 53.1 Å². The standard InChI is InChI=1S/C38H67N2O26.Ac/c1-2-3-5-18(46)40-6-4-7-57-35-27(54)25(52)31(17(12-45)62-35)64-38-28(55)32(21(48)14(9-42)60-38)65-34-19(39)23(50)30(16(11-44)61-34)63-37-29(56)33(22(49)15(10-43)59-37)66-36-26(53)24(51)20(47)13(8-41)58-36;/h13-17,19-39,41-45,47-56H,2-12H2,1H3,(H,40,46);/q-1;/t13?,14?,15?,16?,17?,19?,20-,21+,22-,23?,24?,25?,26?,27?,28?,29?,30+,31-,32?,33?,34+,35?,36?,37?,38+;/m1./s1. The van der Waals surface area contributed by atoms with Crippen LogP contribution in [-0.2, 0) is 52.2 Å². The summed E-state index contributed by atoms with van der Waals surface area (Å²) in [7, 11) is 0. The van der Waals surface area contributed by atoms with Crippen molar-refractivity contribution in [2.75, 3.05) is 46.2 Å². The molecule has 67 heavy (non-hydrogen) atoms. The average Bonchev–Trinajstić information content (AvgIpc) is 3.31. The van der Waals surface area contributed by atoms with Crippen LogP contribution < -0.4 is 5.32 Å². The van der Waals surface area contributed by atoms with Gasteiger partial charge in [0.05, 0.1) is 45.7 Å². The minimum Gasteiger partial charge on any atom is -0.668 e. The van der Waals surface area contributed by atoms with E-state index in [-0.39, 0.29) is 63.1 Å². The maximum Gasteiger partial charge on any atom is 0.219 e. The van der Waals surface area contributed by atoms with E-state index in [9.17, 15) is 81.4 Å². The summed E-state index contributed by atoms with van der Waals surface area (Å²) in [5.74, 6) is -0.135. The normalized spacial score (nSPS) is 46.1. The fourth-order valence-corrected chi connectivity index (χ4v) is 8.09. The average molecular weight is 1190 g/mol. The summed E-state index contributed by atoms with van der Waals surface area (Å²) in [5, 5.41) is 161. The molecule has 1 amide bonds. The van der Waals surface area contributed by atoms with E-state index in [1.807, 2.05) is 6.92 Å². The molecule has 5 rings (SSSR count). The van der Waals surface area contributed by atoms with Gasteiger partial charge < -0.3 is 135 Å². The van der Waals surface area contributed by atoms with E-state index in [0.717, 1.165) is 12.8 Å². The van der Waals surface area contributed by atoms with E-state index < -0.39 is 187 Å². The number of carbonyl (C=O) groups is 1. The van der Waals surface area contributed by atoms with Crippen molar-refractivity contribution in [2.24, 2.45) is 0 Å². The van der Waals surface area contributed by atoms with Crippen molar-refractivity contribution in [1.82, 2.24) is 5.32 Å². The molecule has 0 spiro atoms. The van der Waals surface area contributed by atoms with Crippen molar-refractivity contribution in [1.29, 1.82) is 0 Å². The molecule has 0 bridgehead atoms. The van der Waals surface area contributed by atoms with Crippen molar-refractivity contribution in [2.45, 2.75) is 186 Å². The van der Waals surface area contributed by atoms with Crippen LogP contribution in [0.25, 0.3) is 5.73 Å². The van der Waals surface area contributed by atoms with Gasteiger partial charge in [0.1, 0.15) is 116 Å². The van der Waals surface area contributed by atoms with Crippen molar-refractivity contribution in [3.63, 3.8) is 0 Å². The third kappa shape index (κ3) is 14.1. The van der Waals surface area contributed by atoms with Crippen LogP contribution in [0.4, 0.5) is 0 Å². The Morgan fingerprint density at radius 2 is 0.881 bits per heavy atom. The SMILES string of the molecule is CCCCC(=O)NCCCOC1OC(CO)[C@@H](O[C@@H]2OC(CO)[C@H](O)C(O[C@@H]3OC(CO)[C@H](OC4OC(CO)[C@@H](O)C(OC5OC(CO)[C@@H](O)C(O)C5O)C4O)C(O)C3[NH-])C2O)C(O)C1O.[Ac]. The Bertz CT molecular complexity index is 1450. The fourth-order valence-electron chi connectivity index (χ4n) is 8.09. The molecule has 25 atom stereocenters. The van der Waals surface area contributed by atoms with Gasteiger partial charge in [-0.25, -0.2) is 0 Å². The van der Waals surface area contributed by atoms with Crippen LogP contribution in [0.5, 0.6) is 0 Å². The number of nitrogens with one attached hydrogen (secondary N) is 2. The first-order valence-electron chi connectivity index (χ1n) is 21.8. The molecule has 5 heterocycles. The quantitative estimate of drug-likeness (QED) is 0.0475. The smallest absolute Gasteiger partial charge is 0.219 e. The molecule has 5 saturated heterocycles. The Morgan fingerprint density at radius 1 is 0.478 bits per heavy atom. The van der Waals surface area contributed by atoms with Crippen molar-refractivity contribution in [3.8, 4) is 0 Å². The number of hydrogen-bond donors (Lipinski definition) is 16. The second kappa shape index (κ2) is 27.8. The number of carbonyl (C=O) groups excluding carboxylic acids is 1. The van der Waals surface area contributed by atoms with Crippen LogP contribution >= 0.6 is 0 Å². The first-order chi connectivity index (χ1) is 31.5. The van der Waals surface area contributed by atoms with Gasteiger partial charge in [-0.3, -0.25) is 4.79 Å². The third-order valence-corrected chi connectivity index (χ3v) is 12.0. The molecule has 0 saturated carbocycles. The predicted molar refractivity (Wildman–Crippen MR) is 210 cm³/mol. The van der Waals surface area contributed by atoms with Crippen LogP contribution in [-0.4, -0.2) is 282 Å². The first kappa shape index (κ1) is 59.4. The molecule has 0 aromatic heterocycles. The van der Waals surface area contributed by atoms with Crippen LogP contribution in [0.15, 0.2) is 0 Å². The van der Waals surface area contributed by atoms with Gasteiger partial charge in [-0.1, -0.05) is 19.4 Å². The largest absolute Gasteiger partial charge is 0.668 e. The summed E-state index contributed by atoms with van der Waals surface area (Å²) in [4.78, 5) is 11.8. The van der Waals surface area contributed by atoms with Crippen LogP contribution in [0.3, 0.4) is 0 Å². The van der Waals surface area contributed by atoms with Gasteiger partial charge in [-0.2, -0.15) is 0 Å². The Kier molecular flexibility index (Phi) is 24.7. The second-order valence-electron chi connectivity index (χ2n) is 16.6. The summed E-state index contributed by atoms with van der Waals surface area (Å²) in [5.41, 5.74) is 8.76. The summed E-state index contributed by atoms with van der Waals surface area (Å²) < 4.78 is 56.2. The van der Waals surface area contributed by atoms with Gasteiger partial charge >= 0.3 is 0 Å². The van der Waals surface area contributed by atoms with Gasteiger partial charge in [0, 0.05) is 57.0 Å². The summed E-state index contributed by atoms with van der Waals surface area (Å²) in [6, 6.07) is -1.93. The van der Waals surface area contributed by atoms with Crippen molar-refractivity contribution in [3.05, 3.63) is 5.73 Å². The monoisotopic (exact) mass is 1190 g/mol.